The van der Waals surface area contributed by atoms with Crippen LogP contribution < -0.4 is 5.32 Å². The Morgan fingerprint density at radius 1 is 1.62 bits per heavy atom. The van der Waals surface area contributed by atoms with Crippen LogP contribution in [0, 0.1) is 0 Å². The third kappa shape index (κ3) is 2.16. The van der Waals surface area contributed by atoms with E-state index in [1.165, 1.54) is 0 Å². The normalized spacial score (nSPS) is 22.1. The highest BCUT2D eigenvalue weighted by Crippen LogP contribution is 2.18. The number of anilines is 1. The Morgan fingerprint density at radius 2 is 2.54 bits per heavy atom. The molecule has 1 fully saturated rings. The van der Waals surface area contributed by atoms with Crippen LogP contribution in [0.15, 0.2) is 0 Å². The van der Waals surface area contributed by atoms with Gasteiger partial charge in [0.25, 0.3) is 0 Å². The summed E-state index contributed by atoms with van der Waals surface area (Å²) in [4.78, 5) is 0. The van der Waals surface area contributed by atoms with E-state index in [1.54, 1.807) is 11.3 Å². The van der Waals surface area contributed by atoms with Crippen molar-refractivity contribution in [2.24, 2.45) is 0 Å². The van der Waals surface area contributed by atoms with Crippen LogP contribution in [-0.2, 0) is 11.2 Å². The Kier molecular flexibility index (Phi) is 2.75. The summed E-state index contributed by atoms with van der Waals surface area (Å²) in [6.45, 7) is 3.74. The van der Waals surface area contributed by atoms with Gasteiger partial charge in [0, 0.05) is 6.61 Å². The zero-order valence-corrected chi connectivity index (χ0v) is 8.43. The number of hydrogen-bond acceptors (Lipinski definition) is 5. The highest BCUT2D eigenvalue weighted by molar-refractivity contribution is 7.15. The summed E-state index contributed by atoms with van der Waals surface area (Å²) in [5.41, 5.74) is 0. The van der Waals surface area contributed by atoms with Crippen LogP contribution >= 0.6 is 11.3 Å². The van der Waals surface area contributed by atoms with Crippen LogP contribution in [0.2, 0.25) is 0 Å². The van der Waals surface area contributed by atoms with Crippen molar-refractivity contribution in [3.05, 3.63) is 5.01 Å². The highest BCUT2D eigenvalue weighted by Gasteiger charge is 2.16. The van der Waals surface area contributed by atoms with E-state index in [-0.39, 0.29) is 0 Å². The molecule has 72 valence electrons. The predicted molar refractivity (Wildman–Crippen MR) is 52.1 cm³/mol. The van der Waals surface area contributed by atoms with Crippen LogP contribution in [0.5, 0.6) is 0 Å². The fourth-order valence-electron chi connectivity index (χ4n) is 1.28. The minimum Gasteiger partial charge on any atom is -0.379 e. The van der Waals surface area contributed by atoms with E-state index >= 15 is 0 Å². The molecule has 1 saturated heterocycles. The summed E-state index contributed by atoms with van der Waals surface area (Å²) in [5, 5.41) is 13.4. The first-order valence-corrected chi connectivity index (χ1v) is 5.37. The van der Waals surface area contributed by atoms with Crippen molar-refractivity contribution in [1.82, 2.24) is 10.2 Å². The lowest BCUT2D eigenvalue weighted by molar-refractivity contribution is 0.195. The number of rotatable bonds is 3. The first-order chi connectivity index (χ1) is 6.38. The molecule has 2 heterocycles. The summed E-state index contributed by atoms with van der Waals surface area (Å²) < 4.78 is 5.26. The third-order valence-corrected chi connectivity index (χ3v) is 3.03. The van der Waals surface area contributed by atoms with Gasteiger partial charge in [0.05, 0.1) is 12.6 Å². The molecule has 5 heteroatoms. The molecule has 1 atom stereocenters. The van der Waals surface area contributed by atoms with Crippen molar-refractivity contribution in [2.75, 3.05) is 18.5 Å². The average Bonchev–Trinajstić information content (AvgIpc) is 2.76. The van der Waals surface area contributed by atoms with Crippen LogP contribution in [-0.4, -0.2) is 29.5 Å². The second-order valence-electron chi connectivity index (χ2n) is 3.06. The molecule has 2 rings (SSSR count). The fraction of sp³-hybridized carbons (Fsp3) is 0.750. The van der Waals surface area contributed by atoms with Crippen molar-refractivity contribution in [1.29, 1.82) is 0 Å². The standard InChI is InChI=1S/C8H13N3OS/c1-2-7-10-11-8(13-7)9-6-3-4-12-5-6/h6H,2-5H2,1H3,(H,9,11). The van der Waals surface area contributed by atoms with E-state index in [1.807, 2.05) is 0 Å². The number of aryl methyl sites for hydroxylation is 1. The van der Waals surface area contributed by atoms with Crippen LogP contribution in [0.3, 0.4) is 0 Å². The van der Waals surface area contributed by atoms with Gasteiger partial charge in [-0.2, -0.15) is 0 Å². The molecule has 1 N–H and O–H groups in total. The van der Waals surface area contributed by atoms with Crippen molar-refractivity contribution in [3.63, 3.8) is 0 Å². The fourth-order valence-corrected chi connectivity index (χ4v) is 2.03. The largest absolute Gasteiger partial charge is 0.379 e. The minimum absolute atomic E-state index is 0.428. The third-order valence-electron chi connectivity index (χ3n) is 2.03. The van der Waals surface area contributed by atoms with E-state index in [4.69, 9.17) is 4.74 Å². The van der Waals surface area contributed by atoms with E-state index in [9.17, 15) is 0 Å². The summed E-state index contributed by atoms with van der Waals surface area (Å²) in [7, 11) is 0. The SMILES string of the molecule is CCc1nnc(NC2CCOC2)s1. The second-order valence-corrected chi connectivity index (χ2v) is 4.12. The van der Waals surface area contributed by atoms with Gasteiger partial charge < -0.3 is 10.1 Å². The first kappa shape index (κ1) is 8.90. The molecule has 0 amide bonds. The molecule has 1 unspecified atom stereocenters. The summed E-state index contributed by atoms with van der Waals surface area (Å²) in [6, 6.07) is 0.428. The van der Waals surface area contributed by atoms with Gasteiger partial charge in [-0.3, -0.25) is 0 Å². The van der Waals surface area contributed by atoms with Crippen LogP contribution in [0.25, 0.3) is 0 Å². The van der Waals surface area contributed by atoms with Crippen molar-refractivity contribution >= 4 is 16.5 Å². The van der Waals surface area contributed by atoms with E-state index in [0.717, 1.165) is 36.2 Å². The summed E-state index contributed by atoms with van der Waals surface area (Å²) in [5.74, 6) is 0. The maximum absolute atomic E-state index is 5.26. The predicted octanol–water partition coefficient (Wildman–Crippen LogP) is 1.30. The Morgan fingerprint density at radius 3 is 3.15 bits per heavy atom. The molecule has 13 heavy (non-hydrogen) atoms. The van der Waals surface area contributed by atoms with Crippen molar-refractivity contribution in [3.8, 4) is 0 Å². The Bertz CT molecular complexity index is 270. The Balaban J connectivity index is 1.92. The zero-order chi connectivity index (χ0) is 9.10. The number of nitrogens with one attached hydrogen (secondary N) is 1. The van der Waals surface area contributed by atoms with Gasteiger partial charge in [0.15, 0.2) is 0 Å². The molecule has 0 aromatic carbocycles. The molecular formula is C8H13N3OS. The molecular weight excluding hydrogens is 186 g/mol. The number of hydrogen-bond donors (Lipinski definition) is 1. The van der Waals surface area contributed by atoms with Gasteiger partial charge in [0.1, 0.15) is 5.01 Å². The molecule has 1 aliphatic rings. The summed E-state index contributed by atoms with van der Waals surface area (Å²) in [6.07, 6.45) is 2.03. The Labute approximate surface area is 81.3 Å². The molecule has 0 bridgehead atoms. The van der Waals surface area contributed by atoms with Crippen molar-refractivity contribution < 1.29 is 4.74 Å². The maximum Gasteiger partial charge on any atom is 0.205 e. The van der Waals surface area contributed by atoms with Gasteiger partial charge in [-0.05, 0) is 12.8 Å². The molecule has 1 aliphatic heterocycles. The minimum atomic E-state index is 0.428. The zero-order valence-electron chi connectivity index (χ0n) is 7.62. The van der Waals surface area contributed by atoms with Gasteiger partial charge in [-0.15, -0.1) is 10.2 Å². The van der Waals surface area contributed by atoms with Gasteiger partial charge >= 0.3 is 0 Å². The van der Waals surface area contributed by atoms with Gasteiger partial charge in [-0.1, -0.05) is 18.3 Å². The maximum atomic E-state index is 5.26. The Hall–Kier alpha value is -0.680. The molecule has 1 aromatic heterocycles. The lowest BCUT2D eigenvalue weighted by Crippen LogP contribution is -2.18. The second kappa shape index (κ2) is 4.02. The molecule has 1 aromatic rings. The monoisotopic (exact) mass is 199 g/mol. The first-order valence-electron chi connectivity index (χ1n) is 4.55. The van der Waals surface area contributed by atoms with Gasteiger partial charge in [-0.25, -0.2) is 0 Å². The van der Waals surface area contributed by atoms with E-state index in [0.29, 0.717) is 6.04 Å². The van der Waals surface area contributed by atoms with E-state index < -0.39 is 0 Å². The summed E-state index contributed by atoms with van der Waals surface area (Å²) >= 11 is 1.63. The molecule has 0 saturated carbocycles. The lowest BCUT2D eigenvalue weighted by atomic mass is 10.3. The van der Waals surface area contributed by atoms with Crippen LogP contribution in [0.4, 0.5) is 5.13 Å². The quantitative estimate of drug-likeness (QED) is 0.797. The van der Waals surface area contributed by atoms with Gasteiger partial charge in [0.2, 0.25) is 5.13 Å². The average molecular weight is 199 g/mol. The molecule has 0 radical (unpaired) electrons. The van der Waals surface area contributed by atoms with Crippen LogP contribution in [0.1, 0.15) is 18.4 Å². The lowest BCUT2D eigenvalue weighted by Gasteiger charge is -2.06. The molecule has 4 nitrogen and oxygen atoms in total. The molecule has 0 spiro atoms. The topological polar surface area (TPSA) is 47.0 Å². The van der Waals surface area contributed by atoms with Crippen molar-refractivity contribution in [2.45, 2.75) is 25.8 Å². The molecule has 0 aliphatic carbocycles. The number of nitrogens with zero attached hydrogens (tertiary/aromatic N) is 2. The van der Waals surface area contributed by atoms with E-state index in [2.05, 4.69) is 22.4 Å². The smallest absolute Gasteiger partial charge is 0.205 e. The highest BCUT2D eigenvalue weighted by atomic mass is 32.1. The number of ether oxygens (including phenoxy) is 1. The number of aromatic nitrogens is 2.